The number of anilines is 1. The minimum Gasteiger partial charge on any atom is -0.452 e. The van der Waals surface area contributed by atoms with E-state index in [1.54, 1.807) is 12.3 Å². The SMILES string of the molecule is Cc1c(C#N)c(NC(=O)COC(=O)C=Cc2cccc3cccnc23)n(C2CCCC2)c1C. The van der Waals surface area contributed by atoms with Gasteiger partial charge in [0.05, 0.1) is 11.1 Å². The van der Waals surface area contributed by atoms with Crippen LogP contribution in [-0.2, 0) is 14.3 Å². The number of amides is 1. The number of benzene rings is 1. The Hall–Kier alpha value is -3.92. The molecular formula is C26H26N4O3. The van der Waals surface area contributed by atoms with E-state index in [1.807, 2.05) is 44.2 Å². The number of esters is 1. The van der Waals surface area contributed by atoms with Gasteiger partial charge in [0.25, 0.3) is 5.91 Å². The zero-order valence-corrected chi connectivity index (χ0v) is 18.8. The normalized spacial score (nSPS) is 14.0. The minimum atomic E-state index is -0.628. The third kappa shape index (κ3) is 4.65. The summed E-state index contributed by atoms with van der Waals surface area (Å²) in [6.45, 7) is 3.43. The van der Waals surface area contributed by atoms with Gasteiger partial charge in [0, 0.05) is 35.0 Å². The lowest BCUT2D eigenvalue weighted by Gasteiger charge is -2.19. The topological polar surface area (TPSA) is 97.0 Å². The van der Waals surface area contributed by atoms with Crippen LogP contribution in [0.1, 0.15) is 54.1 Å². The first kappa shape index (κ1) is 22.3. The van der Waals surface area contributed by atoms with Gasteiger partial charge < -0.3 is 14.6 Å². The number of nitriles is 1. The van der Waals surface area contributed by atoms with Gasteiger partial charge in [0.15, 0.2) is 6.61 Å². The van der Waals surface area contributed by atoms with Crippen LogP contribution in [0.15, 0.2) is 42.6 Å². The van der Waals surface area contributed by atoms with Crippen molar-refractivity contribution >= 4 is 34.7 Å². The van der Waals surface area contributed by atoms with Gasteiger partial charge in [0.1, 0.15) is 11.9 Å². The van der Waals surface area contributed by atoms with E-state index in [2.05, 4.69) is 20.9 Å². The molecule has 0 bridgehead atoms. The predicted octanol–water partition coefficient (Wildman–Crippen LogP) is 4.84. The molecule has 1 aliphatic rings. The van der Waals surface area contributed by atoms with E-state index < -0.39 is 18.5 Å². The van der Waals surface area contributed by atoms with Gasteiger partial charge in [-0.3, -0.25) is 9.78 Å². The number of nitrogens with one attached hydrogen (secondary N) is 1. The van der Waals surface area contributed by atoms with Crippen LogP contribution in [-0.4, -0.2) is 28.0 Å². The number of ether oxygens (including phenoxy) is 1. The van der Waals surface area contributed by atoms with E-state index in [0.717, 1.165) is 53.4 Å². The molecule has 1 saturated carbocycles. The number of hydrogen-bond donors (Lipinski definition) is 1. The van der Waals surface area contributed by atoms with Gasteiger partial charge in [-0.2, -0.15) is 5.26 Å². The Kier molecular flexibility index (Phi) is 6.55. The van der Waals surface area contributed by atoms with Crippen LogP contribution in [0.4, 0.5) is 5.82 Å². The van der Waals surface area contributed by atoms with Crippen molar-refractivity contribution in [2.24, 2.45) is 0 Å². The number of para-hydroxylation sites is 1. The van der Waals surface area contributed by atoms with Gasteiger partial charge in [-0.05, 0) is 44.4 Å². The molecule has 0 atom stereocenters. The lowest BCUT2D eigenvalue weighted by atomic mass is 10.1. The summed E-state index contributed by atoms with van der Waals surface area (Å²) in [5.41, 5.74) is 3.88. The fraction of sp³-hybridized carbons (Fsp3) is 0.308. The van der Waals surface area contributed by atoms with Crippen molar-refractivity contribution in [1.82, 2.24) is 9.55 Å². The summed E-state index contributed by atoms with van der Waals surface area (Å²) in [6.07, 6.45) is 8.91. The minimum absolute atomic E-state index is 0.265. The second-order valence-electron chi connectivity index (χ2n) is 8.27. The van der Waals surface area contributed by atoms with E-state index in [9.17, 15) is 14.9 Å². The van der Waals surface area contributed by atoms with Gasteiger partial charge in [-0.15, -0.1) is 0 Å². The van der Waals surface area contributed by atoms with Crippen molar-refractivity contribution in [2.45, 2.75) is 45.6 Å². The first-order valence-electron chi connectivity index (χ1n) is 11.1. The molecule has 33 heavy (non-hydrogen) atoms. The quantitative estimate of drug-likeness (QED) is 0.435. The molecule has 1 amide bonds. The Morgan fingerprint density at radius 3 is 2.76 bits per heavy atom. The fourth-order valence-electron chi connectivity index (χ4n) is 4.48. The number of aromatic nitrogens is 2. The van der Waals surface area contributed by atoms with Gasteiger partial charge in [0.2, 0.25) is 0 Å². The number of hydrogen-bond acceptors (Lipinski definition) is 5. The molecule has 1 aliphatic carbocycles. The summed E-state index contributed by atoms with van der Waals surface area (Å²) >= 11 is 0. The Balaban J connectivity index is 1.42. The highest BCUT2D eigenvalue weighted by atomic mass is 16.5. The maximum absolute atomic E-state index is 12.6. The van der Waals surface area contributed by atoms with Crippen LogP contribution in [0, 0.1) is 25.2 Å². The Morgan fingerprint density at radius 1 is 1.24 bits per heavy atom. The van der Waals surface area contributed by atoms with Gasteiger partial charge >= 0.3 is 5.97 Å². The first-order chi connectivity index (χ1) is 16.0. The fourth-order valence-corrected chi connectivity index (χ4v) is 4.48. The van der Waals surface area contributed by atoms with E-state index in [4.69, 9.17) is 4.74 Å². The highest BCUT2D eigenvalue weighted by Gasteiger charge is 2.26. The standard InChI is InChI=1S/C26H26N4O3/c1-17-18(2)30(21-10-3-4-11-21)26(22(17)15-27)29-23(31)16-33-24(32)13-12-20-8-5-7-19-9-6-14-28-25(19)20/h5-9,12-14,21H,3-4,10-11,16H2,1-2H3,(H,29,31). The Morgan fingerprint density at radius 2 is 2.00 bits per heavy atom. The van der Waals surface area contributed by atoms with E-state index in [0.29, 0.717) is 11.4 Å². The molecule has 0 unspecified atom stereocenters. The molecule has 0 radical (unpaired) electrons. The molecule has 7 heteroatoms. The largest absolute Gasteiger partial charge is 0.452 e. The number of carbonyl (C=O) groups excluding carboxylic acids is 2. The summed E-state index contributed by atoms with van der Waals surface area (Å²) in [6, 6.07) is 12.0. The molecular weight excluding hydrogens is 416 g/mol. The van der Waals surface area contributed by atoms with Gasteiger partial charge in [-0.1, -0.05) is 37.1 Å². The molecule has 0 saturated heterocycles. The second-order valence-corrected chi connectivity index (χ2v) is 8.27. The number of carbonyl (C=O) groups is 2. The molecule has 2 aromatic heterocycles. The predicted molar refractivity (Wildman–Crippen MR) is 126 cm³/mol. The van der Waals surface area contributed by atoms with E-state index >= 15 is 0 Å². The van der Waals surface area contributed by atoms with E-state index in [-0.39, 0.29) is 6.04 Å². The Labute approximate surface area is 192 Å². The molecule has 0 spiro atoms. The number of fused-ring (bicyclic) bond motifs is 1. The lowest BCUT2D eigenvalue weighted by molar-refractivity contribution is -0.142. The van der Waals surface area contributed by atoms with Gasteiger partial charge in [-0.25, -0.2) is 4.79 Å². The van der Waals surface area contributed by atoms with Crippen molar-refractivity contribution in [2.75, 3.05) is 11.9 Å². The average molecular weight is 443 g/mol. The smallest absolute Gasteiger partial charge is 0.331 e. The molecule has 4 rings (SSSR count). The van der Waals surface area contributed by atoms with Crippen LogP contribution in [0.25, 0.3) is 17.0 Å². The first-order valence-corrected chi connectivity index (χ1v) is 11.1. The summed E-state index contributed by atoms with van der Waals surface area (Å²) in [7, 11) is 0. The molecule has 7 nitrogen and oxygen atoms in total. The summed E-state index contributed by atoms with van der Waals surface area (Å²) in [5, 5.41) is 13.4. The molecule has 3 aromatic rings. The second kappa shape index (κ2) is 9.70. The average Bonchev–Trinajstić information content (AvgIpc) is 3.43. The monoisotopic (exact) mass is 442 g/mol. The van der Waals surface area contributed by atoms with Crippen LogP contribution < -0.4 is 5.32 Å². The van der Waals surface area contributed by atoms with Crippen molar-refractivity contribution in [3.63, 3.8) is 0 Å². The van der Waals surface area contributed by atoms with Crippen molar-refractivity contribution in [1.29, 1.82) is 5.26 Å². The van der Waals surface area contributed by atoms with Crippen LogP contribution in [0.5, 0.6) is 0 Å². The summed E-state index contributed by atoms with van der Waals surface area (Å²) in [5.74, 6) is -0.605. The highest BCUT2D eigenvalue weighted by molar-refractivity contribution is 5.96. The van der Waals surface area contributed by atoms with Crippen molar-refractivity contribution < 1.29 is 14.3 Å². The number of pyridine rings is 1. The maximum Gasteiger partial charge on any atom is 0.331 e. The summed E-state index contributed by atoms with van der Waals surface area (Å²) < 4.78 is 7.20. The number of nitrogens with zero attached hydrogens (tertiary/aromatic N) is 3. The molecule has 0 aliphatic heterocycles. The van der Waals surface area contributed by atoms with Crippen LogP contribution >= 0.6 is 0 Å². The van der Waals surface area contributed by atoms with E-state index in [1.165, 1.54) is 6.08 Å². The third-order valence-corrected chi connectivity index (χ3v) is 6.22. The van der Waals surface area contributed by atoms with Crippen LogP contribution in [0.2, 0.25) is 0 Å². The van der Waals surface area contributed by atoms with Crippen LogP contribution in [0.3, 0.4) is 0 Å². The van der Waals surface area contributed by atoms with Crippen molar-refractivity contribution in [3.05, 3.63) is 65.0 Å². The van der Waals surface area contributed by atoms with Crippen molar-refractivity contribution in [3.8, 4) is 6.07 Å². The molecule has 2 heterocycles. The molecule has 1 N–H and O–H groups in total. The lowest BCUT2D eigenvalue weighted by Crippen LogP contribution is -2.23. The molecule has 168 valence electrons. The number of rotatable bonds is 6. The maximum atomic E-state index is 12.6. The zero-order chi connectivity index (χ0) is 23.4. The molecule has 1 aromatic carbocycles. The summed E-state index contributed by atoms with van der Waals surface area (Å²) in [4.78, 5) is 29.1. The molecule has 1 fully saturated rings. The third-order valence-electron chi connectivity index (χ3n) is 6.22. The zero-order valence-electron chi connectivity index (χ0n) is 18.8. The highest BCUT2D eigenvalue weighted by Crippen LogP contribution is 2.37. The Bertz CT molecular complexity index is 1270.